The number of hydrogen-bond donors (Lipinski definition) is 3. The first-order valence-corrected chi connectivity index (χ1v) is 20.8. The average Bonchev–Trinajstić information content (AvgIpc) is 3.52. The molecule has 1 rings (SSSR count). The van der Waals surface area contributed by atoms with Gasteiger partial charge in [-0.05, 0) is 122 Å². The molecule has 0 aromatic carbocycles. The van der Waals surface area contributed by atoms with Gasteiger partial charge in [0.05, 0.1) is 6.17 Å². The molecule has 0 radical (unpaired) electrons. The maximum Gasteiger partial charge on any atom is 0.0730 e. The predicted octanol–water partition coefficient (Wildman–Crippen LogP) is 7.73. The summed E-state index contributed by atoms with van der Waals surface area (Å²) in [6.45, 7) is 30.8. The van der Waals surface area contributed by atoms with Crippen molar-refractivity contribution in [3.63, 3.8) is 0 Å². The maximum atomic E-state index is 5.92. The van der Waals surface area contributed by atoms with Crippen LogP contribution in [0.1, 0.15) is 87.0 Å². The molecular formula is C41H79N6P. The van der Waals surface area contributed by atoms with Gasteiger partial charge in [-0.1, -0.05) is 84.4 Å². The zero-order valence-corrected chi connectivity index (χ0v) is 34.1. The molecule has 0 aromatic rings. The number of nitrogens with one attached hydrogen (secondary N) is 2. The molecular weight excluding hydrogens is 607 g/mol. The van der Waals surface area contributed by atoms with Crippen molar-refractivity contribution in [1.82, 2.24) is 25.3 Å². The summed E-state index contributed by atoms with van der Waals surface area (Å²) in [4.78, 5) is 7.73. The molecule has 0 saturated carbocycles. The van der Waals surface area contributed by atoms with Crippen LogP contribution in [0.15, 0.2) is 60.0 Å². The van der Waals surface area contributed by atoms with Crippen molar-refractivity contribution >= 4 is 8.58 Å². The fourth-order valence-corrected chi connectivity index (χ4v) is 8.09. The van der Waals surface area contributed by atoms with E-state index in [0.717, 1.165) is 73.7 Å². The smallest absolute Gasteiger partial charge is 0.0730 e. The molecule has 0 amide bonds. The van der Waals surface area contributed by atoms with Crippen LogP contribution >= 0.6 is 8.58 Å². The van der Waals surface area contributed by atoms with Crippen LogP contribution in [-0.2, 0) is 0 Å². The predicted molar refractivity (Wildman–Crippen MR) is 218 cm³/mol. The summed E-state index contributed by atoms with van der Waals surface area (Å²) in [5.74, 6) is 2.21. The van der Waals surface area contributed by atoms with Crippen molar-refractivity contribution in [3.05, 3.63) is 60.0 Å². The van der Waals surface area contributed by atoms with Crippen LogP contribution in [0, 0.1) is 23.7 Å². The van der Waals surface area contributed by atoms with Crippen molar-refractivity contribution in [3.8, 4) is 0 Å². The standard InChI is InChI=1S/C41H79N6P/c1-12-15-22-35(6)38(30-44-41(43-9)39-23-18-27-47(39)28-24-42)29-34(5)20-16-19-33(4)21-17-26-45(10)37(8)32-46(25-13-2)31-36(7)40(14-3)48-11/h12,14,16-17,20-21,29,33,35-39,41,43-44,48H,1,13,15,18-19,22-28,30-32,42H2,2-11H3/b20-16-,21-17-,34-29+,40-14-/t33?,35?,36?,37?,38?,39-,41?/m0/s1. The van der Waals surface area contributed by atoms with Gasteiger partial charge in [0.15, 0.2) is 0 Å². The van der Waals surface area contributed by atoms with E-state index in [-0.39, 0.29) is 6.17 Å². The van der Waals surface area contributed by atoms with E-state index < -0.39 is 0 Å². The van der Waals surface area contributed by atoms with Gasteiger partial charge in [0.2, 0.25) is 0 Å². The SMILES string of the molecule is C=CCCC(C)C(/C=C(C)/C=C\CC(C)/C=C\CN(C)C(C)CN(CCC)CC(C)/C(=C/C)PC)CNC(NC)[C@@H]1CCCN1CCN. The molecule has 48 heavy (non-hydrogen) atoms. The molecule has 0 aromatic heterocycles. The van der Waals surface area contributed by atoms with Gasteiger partial charge < -0.3 is 21.3 Å². The number of rotatable bonds is 27. The van der Waals surface area contributed by atoms with Crippen LogP contribution in [0.2, 0.25) is 0 Å². The average molecular weight is 687 g/mol. The second-order valence-corrected chi connectivity index (χ2v) is 15.7. The molecule has 0 bridgehead atoms. The maximum absolute atomic E-state index is 5.92. The highest BCUT2D eigenvalue weighted by Crippen LogP contribution is 2.28. The lowest BCUT2D eigenvalue weighted by Crippen LogP contribution is -2.55. The van der Waals surface area contributed by atoms with Gasteiger partial charge in [-0.25, -0.2) is 0 Å². The summed E-state index contributed by atoms with van der Waals surface area (Å²) < 4.78 is 0. The highest BCUT2D eigenvalue weighted by Gasteiger charge is 2.30. The van der Waals surface area contributed by atoms with Crippen LogP contribution in [0.3, 0.4) is 0 Å². The summed E-state index contributed by atoms with van der Waals surface area (Å²) in [5.41, 5.74) is 7.27. The number of nitrogens with two attached hydrogens (primary N) is 1. The summed E-state index contributed by atoms with van der Waals surface area (Å²) in [7, 11) is 5.27. The lowest BCUT2D eigenvalue weighted by Gasteiger charge is -2.33. The molecule has 0 aliphatic carbocycles. The van der Waals surface area contributed by atoms with E-state index in [1.807, 2.05) is 0 Å². The van der Waals surface area contributed by atoms with Crippen molar-refractivity contribution in [1.29, 1.82) is 0 Å². The van der Waals surface area contributed by atoms with E-state index >= 15 is 0 Å². The Kier molecular flexibility index (Phi) is 24.9. The number of likely N-dealkylation sites (tertiary alicyclic amines) is 1. The first-order chi connectivity index (χ1) is 23.0. The third kappa shape index (κ3) is 17.7. The zero-order valence-electron chi connectivity index (χ0n) is 33.1. The van der Waals surface area contributed by atoms with Crippen molar-refractivity contribution < 1.29 is 0 Å². The number of nitrogens with zero attached hydrogens (tertiary/aromatic N) is 3. The summed E-state index contributed by atoms with van der Waals surface area (Å²) >= 11 is 0. The van der Waals surface area contributed by atoms with E-state index in [4.69, 9.17) is 5.73 Å². The molecule has 1 saturated heterocycles. The molecule has 1 aliphatic rings. The minimum absolute atomic E-state index is 0.281. The highest BCUT2D eigenvalue weighted by molar-refractivity contribution is 7.42. The summed E-state index contributed by atoms with van der Waals surface area (Å²) in [6.07, 6.45) is 23.6. The Hall–Kier alpha value is -1.11. The molecule has 0 spiro atoms. The normalized spacial score (nSPS) is 20.9. The number of allylic oxidation sites excluding steroid dienone is 6. The fraction of sp³-hybridized carbons (Fsp3) is 0.756. The molecule has 4 N–H and O–H groups in total. The monoisotopic (exact) mass is 687 g/mol. The zero-order chi connectivity index (χ0) is 35.9. The molecule has 6 nitrogen and oxygen atoms in total. The van der Waals surface area contributed by atoms with Crippen molar-refractivity contribution in [2.24, 2.45) is 29.4 Å². The topological polar surface area (TPSA) is 59.8 Å². The van der Waals surface area contributed by atoms with E-state index in [2.05, 4.69) is 144 Å². The first kappa shape index (κ1) is 44.9. The Morgan fingerprint density at radius 3 is 2.54 bits per heavy atom. The van der Waals surface area contributed by atoms with E-state index in [0.29, 0.717) is 35.8 Å². The summed E-state index contributed by atoms with van der Waals surface area (Å²) in [5, 5.41) is 9.08. The Morgan fingerprint density at radius 2 is 1.92 bits per heavy atom. The number of likely N-dealkylation sites (N-methyl/N-ethyl adjacent to an activating group) is 2. The third-order valence-electron chi connectivity index (χ3n) is 10.4. The Morgan fingerprint density at radius 1 is 1.17 bits per heavy atom. The quantitative estimate of drug-likeness (QED) is 0.0356. The van der Waals surface area contributed by atoms with Crippen LogP contribution < -0.4 is 16.4 Å². The highest BCUT2D eigenvalue weighted by atomic mass is 31.1. The number of hydrogen-bond acceptors (Lipinski definition) is 6. The van der Waals surface area contributed by atoms with Gasteiger partial charge in [-0.15, -0.1) is 6.58 Å². The molecule has 7 heteroatoms. The first-order valence-electron chi connectivity index (χ1n) is 19.3. The Bertz CT molecular complexity index is 961. The molecule has 7 unspecified atom stereocenters. The third-order valence-corrected chi connectivity index (χ3v) is 11.7. The van der Waals surface area contributed by atoms with Gasteiger partial charge in [0.25, 0.3) is 0 Å². The van der Waals surface area contributed by atoms with E-state index in [1.54, 1.807) is 5.31 Å². The van der Waals surface area contributed by atoms with Crippen molar-refractivity contribution in [2.75, 3.05) is 73.1 Å². The van der Waals surface area contributed by atoms with Crippen molar-refractivity contribution in [2.45, 2.75) is 105 Å². The van der Waals surface area contributed by atoms with Gasteiger partial charge >= 0.3 is 0 Å². The molecule has 1 heterocycles. The van der Waals surface area contributed by atoms with E-state index in [1.165, 1.54) is 31.4 Å². The lowest BCUT2D eigenvalue weighted by atomic mass is 9.88. The molecule has 1 fully saturated rings. The van der Waals surface area contributed by atoms with Crippen LogP contribution in [0.25, 0.3) is 0 Å². The fourth-order valence-electron chi connectivity index (χ4n) is 7.21. The second kappa shape index (κ2) is 26.7. The van der Waals surface area contributed by atoms with Gasteiger partial charge in [0, 0.05) is 51.4 Å². The van der Waals surface area contributed by atoms with Crippen LogP contribution in [0.5, 0.6) is 0 Å². The lowest BCUT2D eigenvalue weighted by molar-refractivity contribution is 0.172. The van der Waals surface area contributed by atoms with Gasteiger partial charge in [0.1, 0.15) is 0 Å². The minimum Gasteiger partial charge on any atom is -0.329 e. The van der Waals surface area contributed by atoms with Gasteiger partial charge in [-0.2, -0.15) is 0 Å². The van der Waals surface area contributed by atoms with E-state index in [9.17, 15) is 0 Å². The largest absolute Gasteiger partial charge is 0.329 e. The van der Waals surface area contributed by atoms with Gasteiger partial charge in [-0.3, -0.25) is 9.80 Å². The minimum atomic E-state index is 0.281. The molecule has 1 aliphatic heterocycles. The molecule has 278 valence electrons. The molecule has 8 atom stereocenters. The second-order valence-electron chi connectivity index (χ2n) is 14.6. The Labute approximate surface area is 301 Å². The summed E-state index contributed by atoms with van der Waals surface area (Å²) in [6, 6.07) is 1.03. The van der Waals surface area contributed by atoms with Crippen LogP contribution in [0.4, 0.5) is 0 Å². The Balaban J connectivity index is 2.71. The van der Waals surface area contributed by atoms with Crippen LogP contribution in [-0.4, -0.2) is 106 Å².